The van der Waals surface area contributed by atoms with Gasteiger partial charge in [-0.15, -0.1) is 0 Å². The summed E-state index contributed by atoms with van der Waals surface area (Å²) in [5.41, 5.74) is 2.32. The van der Waals surface area contributed by atoms with Gasteiger partial charge in [-0.2, -0.15) is 0 Å². The van der Waals surface area contributed by atoms with E-state index < -0.39 is 0 Å². The number of para-hydroxylation sites is 1. The summed E-state index contributed by atoms with van der Waals surface area (Å²) in [6.07, 6.45) is 5.70. The van der Waals surface area contributed by atoms with Gasteiger partial charge in [0.15, 0.2) is 5.13 Å². The first-order chi connectivity index (χ1) is 13.7. The fraction of sp³-hybridized carbons (Fsp3) is 0.348. The molecule has 4 nitrogen and oxygen atoms in total. The van der Waals surface area contributed by atoms with E-state index in [1.807, 2.05) is 19.2 Å². The Bertz CT molecular complexity index is 891. The summed E-state index contributed by atoms with van der Waals surface area (Å²) < 4.78 is 7.12. The number of benzene rings is 2. The summed E-state index contributed by atoms with van der Waals surface area (Å²) >= 11 is 1.76. The third-order valence-electron chi connectivity index (χ3n) is 5.47. The number of ether oxygens (including phenoxy) is 1. The molecule has 0 aliphatic carbocycles. The highest BCUT2D eigenvalue weighted by Crippen LogP contribution is 2.31. The molecule has 5 heteroatoms. The van der Waals surface area contributed by atoms with Crippen molar-refractivity contribution in [2.75, 3.05) is 38.7 Å². The normalized spacial score (nSPS) is 20.8. The maximum Gasteiger partial charge on any atom is 0.186 e. The van der Waals surface area contributed by atoms with Gasteiger partial charge in [0, 0.05) is 33.8 Å². The summed E-state index contributed by atoms with van der Waals surface area (Å²) in [6.45, 7) is 2.96. The van der Waals surface area contributed by atoms with Gasteiger partial charge in [-0.1, -0.05) is 66.0 Å². The van der Waals surface area contributed by atoms with Crippen LogP contribution in [-0.4, -0.2) is 55.8 Å². The van der Waals surface area contributed by atoms with Crippen LogP contribution in [0.25, 0.3) is 16.3 Å². The number of piperidine rings is 1. The second-order valence-corrected chi connectivity index (χ2v) is 8.29. The van der Waals surface area contributed by atoms with Gasteiger partial charge in [0.1, 0.15) is 0 Å². The Morgan fingerprint density at radius 3 is 2.75 bits per heavy atom. The van der Waals surface area contributed by atoms with Crippen molar-refractivity contribution in [3.05, 3.63) is 66.2 Å². The molecule has 1 aliphatic heterocycles. The van der Waals surface area contributed by atoms with Gasteiger partial charge in [0.2, 0.25) is 0 Å². The van der Waals surface area contributed by atoms with Gasteiger partial charge in [-0.3, -0.25) is 4.90 Å². The molecule has 1 saturated heterocycles. The van der Waals surface area contributed by atoms with Gasteiger partial charge in [-0.25, -0.2) is 4.98 Å². The van der Waals surface area contributed by atoms with E-state index in [0.29, 0.717) is 6.04 Å². The molecule has 0 unspecified atom stereocenters. The summed E-state index contributed by atoms with van der Waals surface area (Å²) in [5.74, 6) is 0. The van der Waals surface area contributed by atoms with Crippen molar-refractivity contribution in [1.29, 1.82) is 0 Å². The topological polar surface area (TPSA) is 28.6 Å². The summed E-state index contributed by atoms with van der Waals surface area (Å²) in [7, 11) is 3.98. The van der Waals surface area contributed by atoms with Crippen LogP contribution in [0, 0.1) is 0 Å². The maximum atomic E-state index is 5.88. The monoisotopic (exact) mass is 393 g/mol. The molecule has 2 heterocycles. The molecule has 0 radical (unpaired) electrons. The van der Waals surface area contributed by atoms with Gasteiger partial charge in [0.05, 0.1) is 22.4 Å². The number of likely N-dealkylation sites (tertiary alicyclic amines) is 1. The first-order valence-corrected chi connectivity index (χ1v) is 10.6. The van der Waals surface area contributed by atoms with Gasteiger partial charge in [-0.05, 0) is 24.1 Å². The van der Waals surface area contributed by atoms with Crippen molar-refractivity contribution in [3.63, 3.8) is 0 Å². The lowest BCUT2D eigenvalue weighted by atomic mass is 10.0. The average molecular weight is 394 g/mol. The van der Waals surface area contributed by atoms with Crippen molar-refractivity contribution in [2.45, 2.75) is 18.6 Å². The molecule has 0 saturated carbocycles. The second kappa shape index (κ2) is 8.86. The van der Waals surface area contributed by atoms with Crippen molar-refractivity contribution in [3.8, 4) is 0 Å². The fourth-order valence-corrected chi connectivity index (χ4v) is 4.85. The van der Waals surface area contributed by atoms with Crippen LogP contribution in [0.3, 0.4) is 0 Å². The Labute approximate surface area is 171 Å². The predicted octanol–water partition coefficient (Wildman–Crippen LogP) is 4.54. The first kappa shape index (κ1) is 19.1. The van der Waals surface area contributed by atoms with Crippen LogP contribution in [0.4, 0.5) is 5.13 Å². The molecule has 1 aromatic heterocycles. The molecule has 0 spiro atoms. The number of methoxy groups -OCH3 is 1. The summed E-state index contributed by atoms with van der Waals surface area (Å²) in [4.78, 5) is 9.61. The van der Waals surface area contributed by atoms with Crippen molar-refractivity contribution < 1.29 is 4.74 Å². The van der Waals surface area contributed by atoms with Crippen LogP contribution in [0.5, 0.6) is 0 Å². The lowest BCUT2D eigenvalue weighted by Gasteiger charge is -2.41. The Morgan fingerprint density at radius 1 is 1.18 bits per heavy atom. The van der Waals surface area contributed by atoms with E-state index in [9.17, 15) is 0 Å². The minimum atomic E-state index is 0.177. The van der Waals surface area contributed by atoms with E-state index in [1.165, 1.54) is 10.3 Å². The molecule has 146 valence electrons. The molecule has 28 heavy (non-hydrogen) atoms. The number of hydrogen-bond donors (Lipinski definition) is 0. The first-order valence-electron chi connectivity index (χ1n) is 9.80. The van der Waals surface area contributed by atoms with Crippen molar-refractivity contribution >= 4 is 32.8 Å². The molecule has 1 fully saturated rings. The molecule has 3 aromatic rings. The third kappa shape index (κ3) is 4.27. The maximum absolute atomic E-state index is 5.88. The van der Waals surface area contributed by atoms with E-state index in [2.05, 4.69) is 71.5 Å². The minimum absolute atomic E-state index is 0.177. The average Bonchev–Trinajstić information content (AvgIpc) is 3.18. The quantitative estimate of drug-likeness (QED) is 0.615. The van der Waals surface area contributed by atoms with Crippen LogP contribution in [0.2, 0.25) is 0 Å². The number of rotatable bonds is 6. The van der Waals surface area contributed by atoms with Crippen LogP contribution in [0.1, 0.15) is 12.0 Å². The number of aromatic nitrogens is 1. The standard InChI is InChI=1S/C23H27N3OS/c1-25(23-24-19-12-6-7-13-22(19)28-23)20-14-16-26(17-21(20)27-2)15-8-11-18-9-4-3-5-10-18/h3-13,20-21H,14-17H2,1-2H3/t20-,21+/m1/s1. The number of thiazole rings is 1. The van der Waals surface area contributed by atoms with Crippen molar-refractivity contribution in [1.82, 2.24) is 9.88 Å². The molecule has 1 aliphatic rings. The Kier molecular flexibility index (Phi) is 6.05. The minimum Gasteiger partial charge on any atom is -0.378 e. The van der Waals surface area contributed by atoms with Crippen LogP contribution in [-0.2, 0) is 4.74 Å². The molecule has 4 rings (SSSR count). The molecular formula is C23H27N3OS. The fourth-order valence-electron chi connectivity index (χ4n) is 3.86. The Hall–Kier alpha value is -2.21. The second-order valence-electron chi connectivity index (χ2n) is 7.28. The lowest BCUT2D eigenvalue weighted by Crippen LogP contribution is -2.54. The van der Waals surface area contributed by atoms with Gasteiger partial charge in [0.25, 0.3) is 0 Å². The highest BCUT2D eigenvalue weighted by molar-refractivity contribution is 7.22. The zero-order valence-electron chi connectivity index (χ0n) is 16.5. The summed E-state index contributed by atoms with van der Waals surface area (Å²) in [5, 5.41) is 1.07. The smallest absolute Gasteiger partial charge is 0.186 e. The van der Waals surface area contributed by atoms with Crippen molar-refractivity contribution in [2.24, 2.45) is 0 Å². The molecule has 0 amide bonds. The van der Waals surface area contributed by atoms with Crippen LogP contribution >= 0.6 is 11.3 Å². The Balaban J connectivity index is 1.39. The van der Waals surface area contributed by atoms with E-state index in [-0.39, 0.29) is 6.10 Å². The number of hydrogen-bond acceptors (Lipinski definition) is 5. The predicted molar refractivity (Wildman–Crippen MR) is 119 cm³/mol. The number of nitrogens with zero attached hydrogens (tertiary/aromatic N) is 3. The molecule has 2 aromatic carbocycles. The lowest BCUT2D eigenvalue weighted by molar-refractivity contribution is 0.0195. The Morgan fingerprint density at radius 2 is 1.96 bits per heavy atom. The van der Waals surface area contributed by atoms with E-state index in [0.717, 1.165) is 36.7 Å². The van der Waals surface area contributed by atoms with E-state index >= 15 is 0 Å². The SMILES string of the molecule is CO[C@H]1CN(CC=Cc2ccccc2)CC[C@H]1N(C)c1nc2ccccc2s1. The van der Waals surface area contributed by atoms with Gasteiger partial charge < -0.3 is 9.64 Å². The number of anilines is 1. The third-order valence-corrected chi connectivity index (χ3v) is 6.59. The largest absolute Gasteiger partial charge is 0.378 e. The molecule has 0 bridgehead atoms. The number of fused-ring (bicyclic) bond motifs is 1. The molecule has 0 N–H and O–H groups in total. The van der Waals surface area contributed by atoms with Crippen LogP contribution in [0.15, 0.2) is 60.7 Å². The number of likely N-dealkylation sites (N-methyl/N-ethyl adjacent to an activating group) is 1. The van der Waals surface area contributed by atoms with Crippen LogP contribution < -0.4 is 4.90 Å². The highest BCUT2D eigenvalue weighted by Gasteiger charge is 2.32. The zero-order chi connectivity index (χ0) is 19.3. The zero-order valence-corrected chi connectivity index (χ0v) is 17.3. The van der Waals surface area contributed by atoms with Gasteiger partial charge >= 0.3 is 0 Å². The van der Waals surface area contributed by atoms with E-state index in [1.54, 1.807) is 11.3 Å². The molecule has 2 atom stereocenters. The highest BCUT2D eigenvalue weighted by atomic mass is 32.1. The molecular weight excluding hydrogens is 366 g/mol. The van der Waals surface area contributed by atoms with E-state index in [4.69, 9.17) is 9.72 Å². The summed E-state index contributed by atoms with van der Waals surface area (Å²) in [6, 6.07) is 19.1.